The maximum Gasteiger partial charge on any atom is 0.145 e. The third-order valence-corrected chi connectivity index (χ3v) is 2.12. The van der Waals surface area contributed by atoms with Crippen molar-refractivity contribution < 1.29 is 5.11 Å². The highest BCUT2D eigenvalue weighted by Crippen LogP contribution is 2.14. The Kier molecular flexibility index (Phi) is 2.53. The minimum Gasteiger partial charge on any atom is -0.508 e. The molecule has 5 nitrogen and oxygen atoms in total. The lowest BCUT2D eigenvalue weighted by Gasteiger charge is -2.05. The zero-order chi connectivity index (χ0) is 10.7. The Balaban J connectivity index is 1.99. The number of anilines is 1. The number of rotatable bonds is 3. The van der Waals surface area contributed by atoms with Gasteiger partial charge in [-0.25, -0.2) is 4.98 Å². The van der Waals surface area contributed by atoms with E-state index in [1.807, 2.05) is 19.2 Å². The molecule has 0 bridgehead atoms. The topological polar surface area (TPSA) is 63.0 Å². The average Bonchev–Trinajstić information content (AvgIpc) is 2.63. The third-order valence-electron chi connectivity index (χ3n) is 2.12. The summed E-state index contributed by atoms with van der Waals surface area (Å²) in [5, 5.41) is 16.2. The van der Waals surface area contributed by atoms with Crippen molar-refractivity contribution in [1.82, 2.24) is 14.8 Å². The van der Waals surface area contributed by atoms with Gasteiger partial charge in [0.05, 0.1) is 6.54 Å². The van der Waals surface area contributed by atoms with Crippen molar-refractivity contribution >= 4 is 5.69 Å². The normalized spacial score (nSPS) is 10.2. The lowest BCUT2D eigenvalue weighted by molar-refractivity contribution is 0.475. The summed E-state index contributed by atoms with van der Waals surface area (Å²) in [5.74, 6) is 1.13. The van der Waals surface area contributed by atoms with Crippen molar-refractivity contribution in [2.45, 2.75) is 6.54 Å². The van der Waals surface area contributed by atoms with Crippen molar-refractivity contribution in [1.29, 1.82) is 0 Å². The molecule has 0 aliphatic carbocycles. The van der Waals surface area contributed by atoms with E-state index in [1.165, 1.54) is 6.33 Å². The van der Waals surface area contributed by atoms with E-state index in [0.717, 1.165) is 11.5 Å². The smallest absolute Gasteiger partial charge is 0.145 e. The molecule has 0 saturated heterocycles. The molecule has 78 valence electrons. The van der Waals surface area contributed by atoms with Crippen molar-refractivity contribution in [3.63, 3.8) is 0 Å². The van der Waals surface area contributed by atoms with E-state index < -0.39 is 0 Å². The number of aromatic hydroxyl groups is 1. The van der Waals surface area contributed by atoms with E-state index in [9.17, 15) is 0 Å². The zero-order valence-electron chi connectivity index (χ0n) is 8.38. The van der Waals surface area contributed by atoms with E-state index >= 15 is 0 Å². The number of hydrogen-bond acceptors (Lipinski definition) is 4. The molecule has 0 radical (unpaired) electrons. The van der Waals surface area contributed by atoms with Crippen molar-refractivity contribution in [2.24, 2.45) is 7.05 Å². The van der Waals surface area contributed by atoms with Crippen LogP contribution >= 0.6 is 0 Å². The third kappa shape index (κ3) is 2.25. The monoisotopic (exact) mass is 204 g/mol. The molecule has 0 fully saturated rings. The Morgan fingerprint density at radius 3 is 2.67 bits per heavy atom. The molecule has 2 N–H and O–H groups in total. The van der Waals surface area contributed by atoms with Crippen LogP contribution in [0.5, 0.6) is 5.75 Å². The summed E-state index contributed by atoms with van der Waals surface area (Å²) in [6.45, 7) is 0.612. The minimum absolute atomic E-state index is 0.263. The molecule has 1 aromatic heterocycles. The van der Waals surface area contributed by atoms with E-state index in [4.69, 9.17) is 5.11 Å². The summed E-state index contributed by atoms with van der Waals surface area (Å²) < 4.78 is 1.72. The number of aromatic nitrogens is 3. The van der Waals surface area contributed by atoms with Crippen LogP contribution in [0.3, 0.4) is 0 Å². The number of nitrogens with one attached hydrogen (secondary N) is 1. The van der Waals surface area contributed by atoms with Crippen LogP contribution in [0, 0.1) is 0 Å². The van der Waals surface area contributed by atoms with Crippen LogP contribution in [-0.4, -0.2) is 19.9 Å². The zero-order valence-corrected chi connectivity index (χ0v) is 8.38. The first-order valence-corrected chi connectivity index (χ1v) is 4.61. The Hall–Kier alpha value is -2.04. The van der Waals surface area contributed by atoms with Gasteiger partial charge in [0.25, 0.3) is 0 Å². The lowest BCUT2D eigenvalue weighted by atomic mass is 10.3. The summed E-state index contributed by atoms with van der Waals surface area (Å²) in [4.78, 5) is 4.09. The molecule has 0 atom stereocenters. The van der Waals surface area contributed by atoms with Crippen molar-refractivity contribution in [2.75, 3.05) is 5.32 Å². The van der Waals surface area contributed by atoms with Crippen molar-refractivity contribution in [3.05, 3.63) is 36.4 Å². The van der Waals surface area contributed by atoms with Gasteiger partial charge in [-0.2, -0.15) is 5.10 Å². The molecule has 5 heteroatoms. The summed E-state index contributed by atoms with van der Waals surface area (Å²) in [7, 11) is 1.85. The highest BCUT2D eigenvalue weighted by atomic mass is 16.3. The maximum absolute atomic E-state index is 9.10. The predicted octanol–water partition coefficient (Wildman–Crippen LogP) is 1.13. The quantitative estimate of drug-likeness (QED) is 0.736. The Morgan fingerprint density at radius 1 is 1.33 bits per heavy atom. The number of benzene rings is 1. The second-order valence-corrected chi connectivity index (χ2v) is 3.20. The molecular formula is C10H12N4O. The summed E-state index contributed by atoms with van der Waals surface area (Å²) in [6, 6.07) is 6.90. The molecule has 1 aromatic carbocycles. The molecule has 15 heavy (non-hydrogen) atoms. The predicted molar refractivity (Wildman–Crippen MR) is 56.4 cm³/mol. The summed E-state index contributed by atoms with van der Waals surface area (Å²) in [6.07, 6.45) is 1.52. The van der Waals surface area contributed by atoms with Gasteiger partial charge in [0, 0.05) is 12.7 Å². The fourth-order valence-electron chi connectivity index (χ4n) is 1.24. The van der Waals surface area contributed by atoms with E-state index in [1.54, 1.807) is 16.8 Å². The fourth-order valence-corrected chi connectivity index (χ4v) is 1.24. The molecule has 0 aliphatic rings. The van der Waals surface area contributed by atoms with E-state index in [-0.39, 0.29) is 5.75 Å². The molecule has 2 aromatic rings. The van der Waals surface area contributed by atoms with Crippen LogP contribution in [0.25, 0.3) is 0 Å². The van der Waals surface area contributed by atoms with Gasteiger partial charge < -0.3 is 10.4 Å². The van der Waals surface area contributed by atoms with Crippen LogP contribution in [0.2, 0.25) is 0 Å². The Labute approximate surface area is 87.4 Å². The molecular weight excluding hydrogens is 192 g/mol. The largest absolute Gasteiger partial charge is 0.508 e. The molecule has 1 heterocycles. The van der Waals surface area contributed by atoms with E-state index in [0.29, 0.717) is 6.54 Å². The first-order valence-electron chi connectivity index (χ1n) is 4.61. The Bertz CT molecular complexity index is 435. The second kappa shape index (κ2) is 4.00. The van der Waals surface area contributed by atoms with Crippen LogP contribution in [-0.2, 0) is 13.6 Å². The number of hydrogen-bond donors (Lipinski definition) is 2. The van der Waals surface area contributed by atoms with Crippen molar-refractivity contribution in [3.8, 4) is 5.75 Å². The van der Waals surface area contributed by atoms with E-state index in [2.05, 4.69) is 15.4 Å². The summed E-state index contributed by atoms with van der Waals surface area (Å²) >= 11 is 0. The lowest BCUT2D eigenvalue weighted by Crippen LogP contribution is -2.06. The van der Waals surface area contributed by atoms with Crippen LogP contribution in [0.4, 0.5) is 5.69 Å². The molecule has 0 spiro atoms. The highest BCUT2D eigenvalue weighted by molar-refractivity contribution is 5.45. The minimum atomic E-state index is 0.263. The molecule has 0 amide bonds. The SMILES string of the molecule is Cn1ncnc1CNc1ccc(O)cc1. The van der Waals surface area contributed by atoms with Gasteiger partial charge in [-0.1, -0.05) is 0 Å². The standard InChI is InChI=1S/C10H12N4O/c1-14-10(12-7-13-14)6-11-8-2-4-9(15)5-3-8/h2-5,7,11,15H,6H2,1H3. The molecule has 0 aliphatic heterocycles. The van der Waals surface area contributed by atoms with Gasteiger partial charge in [-0.05, 0) is 24.3 Å². The number of phenols is 1. The number of phenolic OH excluding ortho intramolecular Hbond substituents is 1. The molecule has 0 saturated carbocycles. The average molecular weight is 204 g/mol. The van der Waals surface area contributed by atoms with Gasteiger partial charge in [-0.3, -0.25) is 4.68 Å². The van der Waals surface area contributed by atoms with Crippen LogP contribution in [0.15, 0.2) is 30.6 Å². The highest BCUT2D eigenvalue weighted by Gasteiger charge is 1.99. The second-order valence-electron chi connectivity index (χ2n) is 3.20. The fraction of sp³-hybridized carbons (Fsp3) is 0.200. The van der Waals surface area contributed by atoms with Gasteiger partial charge in [0.15, 0.2) is 0 Å². The molecule has 2 rings (SSSR count). The summed E-state index contributed by atoms with van der Waals surface area (Å²) in [5.41, 5.74) is 0.941. The van der Waals surface area contributed by atoms with Gasteiger partial charge >= 0.3 is 0 Å². The Morgan fingerprint density at radius 2 is 2.07 bits per heavy atom. The number of aryl methyl sites for hydroxylation is 1. The first kappa shape index (κ1) is 9.51. The van der Waals surface area contributed by atoms with Gasteiger partial charge in [0.2, 0.25) is 0 Å². The van der Waals surface area contributed by atoms with Gasteiger partial charge in [-0.15, -0.1) is 0 Å². The first-order chi connectivity index (χ1) is 7.25. The van der Waals surface area contributed by atoms with Gasteiger partial charge in [0.1, 0.15) is 17.9 Å². The maximum atomic E-state index is 9.10. The molecule has 0 unspecified atom stereocenters. The van der Waals surface area contributed by atoms with Crippen LogP contribution in [0.1, 0.15) is 5.82 Å². The van der Waals surface area contributed by atoms with Crippen LogP contribution < -0.4 is 5.32 Å². The number of nitrogens with zero attached hydrogens (tertiary/aromatic N) is 3.